The van der Waals surface area contributed by atoms with Crippen LogP contribution < -0.4 is 29.6 Å². The zero-order chi connectivity index (χ0) is 3.58. The van der Waals surface area contributed by atoms with Gasteiger partial charge in [0, 0.05) is 21.1 Å². The molecule has 0 amide bonds. The monoisotopic (exact) mass is 183 g/mol. The van der Waals surface area contributed by atoms with E-state index in [0.717, 1.165) is 0 Å². The molecule has 0 aromatic rings. The standard InChI is InChI=1S/Mo.NO3.Na/c;2-1(3)4;/q;-1;+1. The van der Waals surface area contributed by atoms with Gasteiger partial charge in [-0.05, 0) is 0 Å². The minimum absolute atomic E-state index is 0. The molecule has 6 heteroatoms. The quantitative estimate of drug-likeness (QED) is 0.224. The Labute approximate surface area is 70.6 Å². The number of hydrogen-bond acceptors (Lipinski definition) is 3. The second-order valence-corrected chi connectivity index (χ2v) is 0.224. The van der Waals surface area contributed by atoms with Gasteiger partial charge in [-0.15, -0.1) is 0 Å². The summed E-state index contributed by atoms with van der Waals surface area (Å²) >= 11 is 0. The van der Waals surface area contributed by atoms with Crippen molar-refractivity contribution in [2.75, 3.05) is 0 Å². The van der Waals surface area contributed by atoms with E-state index in [1.54, 1.807) is 0 Å². The van der Waals surface area contributed by atoms with Crippen molar-refractivity contribution in [3.05, 3.63) is 15.3 Å². The zero-order valence-electron chi connectivity index (χ0n) is 3.08. The van der Waals surface area contributed by atoms with Crippen LogP contribution in [-0.4, -0.2) is 5.09 Å². The number of nitrogens with zero attached hydrogens (tertiary/aromatic N) is 1. The second-order valence-electron chi connectivity index (χ2n) is 0.224. The van der Waals surface area contributed by atoms with E-state index in [1.807, 2.05) is 0 Å². The Morgan fingerprint density at radius 2 is 1.33 bits per heavy atom. The van der Waals surface area contributed by atoms with Crippen molar-refractivity contribution in [1.82, 2.24) is 0 Å². The summed E-state index contributed by atoms with van der Waals surface area (Å²) in [6.07, 6.45) is 0. The van der Waals surface area contributed by atoms with Gasteiger partial charge in [0.2, 0.25) is 0 Å². The van der Waals surface area contributed by atoms with E-state index in [9.17, 15) is 0 Å². The Hall–Kier alpha value is 0.888. The smallest absolute Gasteiger partial charge is 0.356 e. The molecule has 0 unspecified atom stereocenters. The third-order valence-electron chi connectivity index (χ3n) is 0. The van der Waals surface area contributed by atoms with Crippen molar-refractivity contribution in [1.29, 1.82) is 0 Å². The van der Waals surface area contributed by atoms with E-state index < -0.39 is 5.09 Å². The molecule has 0 rings (SSSR count). The van der Waals surface area contributed by atoms with Gasteiger partial charge >= 0.3 is 29.6 Å². The van der Waals surface area contributed by atoms with E-state index in [1.165, 1.54) is 0 Å². The van der Waals surface area contributed by atoms with Crippen molar-refractivity contribution in [3.8, 4) is 0 Å². The van der Waals surface area contributed by atoms with Crippen LogP contribution in [0.4, 0.5) is 0 Å². The molecule has 4 nitrogen and oxygen atoms in total. The summed E-state index contributed by atoms with van der Waals surface area (Å²) in [4.78, 5) is 8.25. The Kier molecular flexibility index (Phi) is 24.5. The summed E-state index contributed by atoms with van der Waals surface area (Å²) in [6.45, 7) is 0. The largest absolute Gasteiger partial charge is 1.00 e. The van der Waals surface area contributed by atoms with Crippen LogP contribution in [0, 0.1) is 15.3 Å². The Balaban J connectivity index is -0.0000000450. The summed E-state index contributed by atoms with van der Waals surface area (Å²) in [7, 11) is 0. The maximum atomic E-state index is 8.25. The van der Waals surface area contributed by atoms with Crippen molar-refractivity contribution in [3.63, 3.8) is 0 Å². The average molecular weight is 181 g/mol. The topological polar surface area (TPSA) is 66.2 Å². The van der Waals surface area contributed by atoms with E-state index in [0.29, 0.717) is 0 Å². The van der Waals surface area contributed by atoms with Crippen LogP contribution in [0.5, 0.6) is 0 Å². The first-order chi connectivity index (χ1) is 1.73. The maximum absolute atomic E-state index is 8.25. The van der Waals surface area contributed by atoms with Crippen molar-refractivity contribution in [2.24, 2.45) is 0 Å². The van der Waals surface area contributed by atoms with Gasteiger partial charge in [-0.25, -0.2) is 0 Å². The first-order valence-electron chi connectivity index (χ1n) is 0.548. The summed E-state index contributed by atoms with van der Waals surface area (Å²) in [5, 5.41) is 14.8. The van der Waals surface area contributed by atoms with Gasteiger partial charge in [0.05, 0.1) is 5.09 Å². The van der Waals surface area contributed by atoms with Crippen molar-refractivity contribution < 1.29 is 55.7 Å². The van der Waals surface area contributed by atoms with Crippen LogP contribution in [0.3, 0.4) is 0 Å². The van der Waals surface area contributed by atoms with E-state index >= 15 is 0 Å². The predicted octanol–water partition coefficient (Wildman–Crippen LogP) is -3.24. The van der Waals surface area contributed by atoms with Crippen molar-refractivity contribution >= 4 is 0 Å². The van der Waals surface area contributed by atoms with Crippen LogP contribution in [0.1, 0.15) is 0 Å². The van der Waals surface area contributed by atoms with E-state index in [4.69, 9.17) is 15.3 Å². The third-order valence-corrected chi connectivity index (χ3v) is 0. The molecule has 0 atom stereocenters. The second kappa shape index (κ2) is 9.31. The van der Waals surface area contributed by atoms with Crippen LogP contribution in [-0.2, 0) is 21.1 Å². The van der Waals surface area contributed by atoms with Crippen LogP contribution in [0.2, 0.25) is 0 Å². The van der Waals surface area contributed by atoms with Gasteiger partial charge in [0.1, 0.15) is 0 Å². The number of rotatable bonds is 0. The molecule has 0 aliphatic carbocycles. The molecule has 0 saturated carbocycles. The van der Waals surface area contributed by atoms with Gasteiger partial charge in [-0.1, -0.05) is 0 Å². The predicted molar refractivity (Wildman–Crippen MR) is 10.4 cm³/mol. The average Bonchev–Trinajstić information content (AvgIpc) is 0.811. The summed E-state index contributed by atoms with van der Waals surface area (Å²) in [6, 6.07) is 0. The van der Waals surface area contributed by atoms with E-state index in [-0.39, 0.29) is 50.6 Å². The zero-order valence-corrected chi connectivity index (χ0v) is 7.09. The molecule has 0 heterocycles. The normalized spacial score (nSPS) is 4.00. The fraction of sp³-hybridized carbons (Fsp3) is 0. The molecule has 0 aromatic carbocycles. The SMILES string of the molecule is O=[N+]([O-])[O-].[Mo].[Na+]. The Morgan fingerprint density at radius 3 is 1.33 bits per heavy atom. The maximum Gasteiger partial charge on any atom is 1.00 e. The van der Waals surface area contributed by atoms with E-state index in [2.05, 4.69) is 0 Å². The molecule has 0 saturated heterocycles. The van der Waals surface area contributed by atoms with Gasteiger partial charge in [-0.2, -0.15) is 0 Å². The molecule has 0 bridgehead atoms. The van der Waals surface area contributed by atoms with Gasteiger partial charge < -0.3 is 15.3 Å². The third kappa shape index (κ3) is 93.7. The molecule has 0 spiro atoms. The Bertz CT molecular complexity index is 33.8. The minimum atomic E-state index is -1.75. The number of hydrogen-bond donors (Lipinski definition) is 0. The molecule has 0 radical (unpaired) electrons. The molecule has 0 aliphatic rings. The molecular weight excluding hydrogens is 181 g/mol. The fourth-order valence-corrected chi connectivity index (χ4v) is 0. The summed E-state index contributed by atoms with van der Waals surface area (Å²) < 4.78 is 0. The molecule has 30 valence electrons. The van der Waals surface area contributed by atoms with Gasteiger partial charge in [0.15, 0.2) is 0 Å². The minimum Gasteiger partial charge on any atom is -0.356 e. The summed E-state index contributed by atoms with van der Waals surface area (Å²) in [5.74, 6) is 0. The molecule has 0 aromatic heterocycles. The van der Waals surface area contributed by atoms with Crippen LogP contribution in [0.15, 0.2) is 0 Å². The van der Waals surface area contributed by atoms with Crippen molar-refractivity contribution in [2.45, 2.75) is 0 Å². The van der Waals surface area contributed by atoms with Gasteiger partial charge in [0.25, 0.3) is 0 Å². The first kappa shape index (κ1) is 15.8. The first-order valence-corrected chi connectivity index (χ1v) is 0.548. The summed E-state index contributed by atoms with van der Waals surface area (Å²) in [5.41, 5.74) is 0. The molecule has 0 fully saturated rings. The Morgan fingerprint density at radius 1 is 1.33 bits per heavy atom. The van der Waals surface area contributed by atoms with Gasteiger partial charge in [-0.3, -0.25) is 0 Å². The molecular formula is MoNNaO3. The fourth-order valence-electron chi connectivity index (χ4n) is 0. The molecule has 0 aliphatic heterocycles. The molecule has 0 N–H and O–H groups in total. The van der Waals surface area contributed by atoms with Crippen LogP contribution >= 0.6 is 0 Å². The van der Waals surface area contributed by atoms with Crippen LogP contribution in [0.25, 0.3) is 0 Å². The molecule has 6 heavy (non-hydrogen) atoms.